The fourth-order valence-electron chi connectivity index (χ4n) is 3.52. The van der Waals surface area contributed by atoms with Crippen LogP contribution in [-0.4, -0.2) is 21.3 Å². The largest absolute Gasteiger partial charge is 0.508 e. The standard InChI is InChI=1S/C21H15ClO5/c22-10-16-17(24)8-7-15-19(12-3-1-2-4-13(12)21(25)26)14-6-5-11(23)9-18(14)27-20(15)16/h1-9,19,23-24H,10H2,(H,25,26). The van der Waals surface area contributed by atoms with Crippen molar-refractivity contribution in [3.05, 3.63) is 82.4 Å². The average Bonchev–Trinajstić information content (AvgIpc) is 2.66. The molecule has 1 aliphatic heterocycles. The zero-order valence-corrected chi connectivity index (χ0v) is 14.8. The zero-order valence-electron chi connectivity index (χ0n) is 14.0. The van der Waals surface area contributed by atoms with E-state index in [-0.39, 0.29) is 22.9 Å². The highest BCUT2D eigenvalue weighted by Crippen LogP contribution is 2.51. The molecule has 0 aliphatic carbocycles. The Labute approximate surface area is 160 Å². The normalized spacial score (nSPS) is 14.8. The monoisotopic (exact) mass is 382 g/mol. The van der Waals surface area contributed by atoms with Crippen LogP contribution in [0.15, 0.2) is 54.6 Å². The summed E-state index contributed by atoms with van der Waals surface area (Å²) >= 11 is 6.02. The van der Waals surface area contributed by atoms with Crippen LogP contribution >= 0.6 is 11.6 Å². The number of hydrogen-bond acceptors (Lipinski definition) is 4. The summed E-state index contributed by atoms with van der Waals surface area (Å²) in [6, 6.07) is 14.7. The summed E-state index contributed by atoms with van der Waals surface area (Å²) in [6.07, 6.45) is 0. The second-order valence-electron chi connectivity index (χ2n) is 6.26. The molecule has 27 heavy (non-hydrogen) atoms. The topological polar surface area (TPSA) is 87.0 Å². The lowest BCUT2D eigenvalue weighted by atomic mass is 9.80. The summed E-state index contributed by atoms with van der Waals surface area (Å²) in [7, 11) is 0. The number of carboxylic acids is 1. The van der Waals surface area contributed by atoms with Gasteiger partial charge in [0, 0.05) is 23.1 Å². The quantitative estimate of drug-likeness (QED) is 0.442. The van der Waals surface area contributed by atoms with E-state index in [0.29, 0.717) is 28.2 Å². The van der Waals surface area contributed by atoms with Crippen molar-refractivity contribution in [2.75, 3.05) is 0 Å². The molecule has 1 unspecified atom stereocenters. The summed E-state index contributed by atoms with van der Waals surface area (Å²) in [5, 5.41) is 29.7. The lowest BCUT2D eigenvalue weighted by Crippen LogP contribution is -2.16. The number of carbonyl (C=O) groups is 1. The Morgan fingerprint density at radius 2 is 1.74 bits per heavy atom. The van der Waals surface area contributed by atoms with Gasteiger partial charge in [0.2, 0.25) is 0 Å². The van der Waals surface area contributed by atoms with Gasteiger partial charge < -0.3 is 20.1 Å². The Bertz CT molecular complexity index is 1060. The van der Waals surface area contributed by atoms with Crippen molar-refractivity contribution >= 4 is 17.6 Å². The van der Waals surface area contributed by atoms with Gasteiger partial charge in [-0.1, -0.05) is 30.3 Å². The van der Waals surface area contributed by atoms with Crippen molar-refractivity contribution in [2.45, 2.75) is 11.8 Å². The number of alkyl halides is 1. The van der Waals surface area contributed by atoms with Crippen LogP contribution in [0, 0.1) is 0 Å². The molecular weight excluding hydrogens is 368 g/mol. The van der Waals surface area contributed by atoms with E-state index in [2.05, 4.69) is 0 Å². The molecule has 0 amide bonds. The Hall–Kier alpha value is -3.18. The number of phenolic OH excluding ortho intramolecular Hbond substituents is 2. The molecule has 136 valence electrons. The molecule has 3 N–H and O–H groups in total. The Morgan fingerprint density at radius 1 is 1.00 bits per heavy atom. The van der Waals surface area contributed by atoms with Gasteiger partial charge in [0.15, 0.2) is 0 Å². The molecule has 4 rings (SSSR count). The minimum absolute atomic E-state index is 0.00220. The third kappa shape index (κ3) is 2.76. The SMILES string of the molecule is O=C(O)c1ccccc1C1c2ccc(O)cc2Oc2c1ccc(O)c2CCl. The molecular formula is C21H15ClO5. The molecule has 0 radical (unpaired) electrons. The molecule has 3 aromatic rings. The van der Waals surface area contributed by atoms with E-state index in [1.807, 2.05) is 0 Å². The van der Waals surface area contributed by atoms with Gasteiger partial charge in [-0.05, 0) is 23.8 Å². The second-order valence-corrected chi connectivity index (χ2v) is 6.53. The summed E-state index contributed by atoms with van der Waals surface area (Å²) in [5.41, 5.74) is 2.61. The Kier molecular flexibility index (Phi) is 4.16. The second kappa shape index (κ2) is 6.52. The van der Waals surface area contributed by atoms with Gasteiger partial charge in [-0.2, -0.15) is 0 Å². The minimum Gasteiger partial charge on any atom is -0.508 e. The number of benzene rings is 3. The summed E-state index contributed by atoms with van der Waals surface area (Å²) < 4.78 is 5.96. The molecule has 0 spiro atoms. The predicted octanol–water partition coefficient (Wildman–Crippen LogP) is 4.82. The van der Waals surface area contributed by atoms with Gasteiger partial charge in [-0.15, -0.1) is 11.6 Å². The van der Waals surface area contributed by atoms with Crippen LogP contribution in [-0.2, 0) is 5.88 Å². The number of carboxylic acid groups (broad SMARTS) is 1. The van der Waals surface area contributed by atoms with Crippen LogP contribution in [0.2, 0.25) is 0 Å². The first-order valence-electron chi connectivity index (χ1n) is 8.25. The smallest absolute Gasteiger partial charge is 0.335 e. The summed E-state index contributed by atoms with van der Waals surface area (Å²) in [4.78, 5) is 11.8. The molecule has 1 heterocycles. The molecule has 0 saturated carbocycles. The lowest BCUT2D eigenvalue weighted by molar-refractivity contribution is 0.0695. The van der Waals surface area contributed by atoms with Crippen molar-refractivity contribution < 1.29 is 24.9 Å². The maximum absolute atomic E-state index is 11.8. The number of rotatable bonds is 3. The van der Waals surface area contributed by atoms with E-state index in [4.69, 9.17) is 16.3 Å². The first-order valence-corrected chi connectivity index (χ1v) is 8.78. The molecule has 0 bridgehead atoms. The molecule has 1 atom stereocenters. The van der Waals surface area contributed by atoms with Crippen LogP contribution < -0.4 is 4.74 Å². The third-order valence-corrected chi connectivity index (χ3v) is 5.00. The molecule has 0 fully saturated rings. The molecule has 1 aliphatic rings. The highest BCUT2D eigenvalue weighted by molar-refractivity contribution is 6.17. The lowest BCUT2D eigenvalue weighted by Gasteiger charge is -2.31. The number of fused-ring (bicyclic) bond motifs is 2. The van der Waals surface area contributed by atoms with Gasteiger partial charge >= 0.3 is 5.97 Å². The van der Waals surface area contributed by atoms with E-state index in [9.17, 15) is 20.1 Å². The van der Waals surface area contributed by atoms with Crippen molar-refractivity contribution in [3.63, 3.8) is 0 Å². The van der Waals surface area contributed by atoms with Crippen molar-refractivity contribution in [3.8, 4) is 23.0 Å². The summed E-state index contributed by atoms with van der Waals surface area (Å²) in [6.45, 7) is 0. The van der Waals surface area contributed by atoms with E-state index in [1.165, 1.54) is 18.2 Å². The number of hydrogen-bond donors (Lipinski definition) is 3. The van der Waals surface area contributed by atoms with Crippen LogP contribution in [0.1, 0.15) is 38.5 Å². The fourth-order valence-corrected chi connectivity index (χ4v) is 3.78. The van der Waals surface area contributed by atoms with Crippen molar-refractivity contribution in [1.82, 2.24) is 0 Å². The minimum atomic E-state index is -1.03. The number of phenols is 2. The molecule has 3 aromatic carbocycles. The van der Waals surface area contributed by atoms with Crippen LogP contribution in [0.4, 0.5) is 0 Å². The highest BCUT2D eigenvalue weighted by atomic mass is 35.5. The maximum atomic E-state index is 11.8. The maximum Gasteiger partial charge on any atom is 0.335 e. The number of aromatic hydroxyl groups is 2. The highest BCUT2D eigenvalue weighted by Gasteiger charge is 2.33. The fraction of sp³-hybridized carbons (Fsp3) is 0.0952. The van der Waals surface area contributed by atoms with Gasteiger partial charge in [0.25, 0.3) is 0 Å². The van der Waals surface area contributed by atoms with Gasteiger partial charge in [-0.25, -0.2) is 4.79 Å². The van der Waals surface area contributed by atoms with Crippen LogP contribution in [0.5, 0.6) is 23.0 Å². The number of halogens is 1. The third-order valence-electron chi connectivity index (χ3n) is 4.73. The summed E-state index contributed by atoms with van der Waals surface area (Å²) in [5.74, 6) is -0.656. The number of aromatic carboxylic acids is 1. The van der Waals surface area contributed by atoms with E-state index >= 15 is 0 Å². The van der Waals surface area contributed by atoms with Crippen LogP contribution in [0.25, 0.3) is 0 Å². The van der Waals surface area contributed by atoms with Gasteiger partial charge in [0.1, 0.15) is 23.0 Å². The van der Waals surface area contributed by atoms with Gasteiger partial charge in [0.05, 0.1) is 17.0 Å². The van der Waals surface area contributed by atoms with Crippen molar-refractivity contribution in [1.29, 1.82) is 0 Å². The Balaban J connectivity index is 2.05. The van der Waals surface area contributed by atoms with E-state index < -0.39 is 11.9 Å². The molecule has 5 nitrogen and oxygen atoms in total. The first-order chi connectivity index (χ1) is 13.0. The molecule has 0 saturated heterocycles. The van der Waals surface area contributed by atoms with Crippen LogP contribution in [0.3, 0.4) is 0 Å². The predicted molar refractivity (Wildman–Crippen MR) is 100 cm³/mol. The van der Waals surface area contributed by atoms with Gasteiger partial charge in [-0.3, -0.25) is 0 Å². The average molecular weight is 383 g/mol. The van der Waals surface area contributed by atoms with Crippen molar-refractivity contribution in [2.24, 2.45) is 0 Å². The molecule has 0 aromatic heterocycles. The van der Waals surface area contributed by atoms with E-state index in [0.717, 1.165) is 5.56 Å². The zero-order chi connectivity index (χ0) is 19.1. The van der Waals surface area contributed by atoms with E-state index in [1.54, 1.807) is 36.4 Å². The Morgan fingerprint density at radius 3 is 2.48 bits per heavy atom. The first kappa shape index (κ1) is 17.2. The number of ether oxygens (including phenoxy) is 1. The molecule has 6 heteroatoms.